The van der Waals surface area contributed by atoms with Crippen LogP contribution in [0.4, 0.5) is 0 Å². The fourth-order valence-electron chi connectivity index (χ4n) is 4.19. The third-order valence-electron chi connectivity index (χ3n) is 6.15. The van der Waals surface area contributed by atoms with Crippen molar-refractivity contribution in [2.75, 3.05) is 5.75 Å². The second-order valence-electron chi connectivity index (χ2n) is 8.95. The number of para-hydroxylation sites is 1. The van der Waals surface area contributed by atoms with Crippen LogP contribution in [-0.2, 0) is 0 Å². The summed E-state index contributed by atoms with van der Waals surface area (Å²) < 4.78 is 1.68. The summed E-state index contributed by atoms with van der Waals surface area (Å²) >= 11 is 8.09. The molecular formula is C29H34N4OS3. The number of aromatic hydroxyl groups is 1. The Balaban J connectivity index is 1.53. The number of thioether (sulfide) groups is 1. The van der Waals surface area contributed by atoms with Crippen LogP contribution >= 0.6 is 36.2 Å². The molecule has 37 heavy (non-hydrogen) atoms. The Kier molecular flexibility index (Phi) is 10.8. The Morgan fingerprint density at radius 2 is 1.51 bits per heavy atom. The summed E-state index contributed by atoms with van der Waals surface area (Å²) in [6.07, 6.45) is 10.4. The van der Waals surface area contributed by atoms with Gasteiger partial charge in [0, 0.05) is 15.4 Å². The van der Waals surface area contributed by atoms with E-state index in [1.807, 2.05) is 66.7 Å². The fourth-order valence-corrected chi connectivity index (χ4v) is 6.74. The van der Waals surface area contributed by atoms with E-state index in [0.717, 1.165) is 38.8 Å². The van der Waals surface area contributed by atoms with Gasteiger partial charge in [-0.2, -0.15) is 4.68 Å². The van der Waals surface area contributed by atoms with E-state index in [-0.39, 0.29) is 5.75 Å². The maximum atomic E-state index is 11.2. The monoisotopic (exact) mass is 550 g/mol. The first-order valence-corrected chi connectivity index (χ1v) is 15.2. The van der Waals surface area contributed by atoms with Crippen molar-refractivity contribution in [3.8, 4) is 22.6 Å². The van der Waals surface area contributed by atoms with Gasteiger partial charge in [0.05, 0.1) is 10.6 Å². The van der Waals surface area contributed by atoms with Crippen molar-refractivity contribution < 1.29 is 5.11 Å². The molecule has 0 saturated carbocycles. The first-order chi connectivity index (χ1) is 18.2. The molecule has 8 heteroatoms. The van der Waals surface area contributed by atoms with Gasteiger partial charge in [0.15, 0.2) is 0 Å². The van der Waals surface area contributed by atoms with Gasteiger partial charge in [-0.15, -0.1) is 29.5 Å². The number of phenols is 1. The van der Waals surface area contributed by atoms with Gasteiger partial charge in [-0.25, -0.2) is 0 Å². The highest BCUT2D eigenvalue weighted by Gasteiger charge is 2.21. The Morgan fingerprint density at radius 3 is 2.22 bits per heavy atom. The number of aromatic nitrogens is 4. The molecular weight excluding hydrogens is 517 g/mol. The number of unbranched alkanes of at least 4 members (excludes halogenated alkanes) is 7. The molecule has 0 bridgehead atoms. The molecule has 0 unspecified atom stereocenters. The predicted octanol–water partition coefficient (Wildman–Crippen LogP) is 8.71. The van der Waals surface area contributed by atoms with Crippen molar-refractivity contribution in [1.82, 2.24) is 20.2 Å². The molecule has 0 aliphatic rings. The molecule has 0 radical (unpaired) electrons. The van der Waals surface area contributed by atoms with Crippen LogP contribution in [0.25, 0.3) is 16.8 Å². The molecule has 0 amide bonds. The van der Waals surface area contributed by atoms with E-state index in [4.69, 9.17) is 12.6 Å². The number of rotatable bonds is 14. The van der Waals surface area contributed by atoms with Crippen molar-refractivity contribution in [2.45, 2.75) is 78.1 Å². The van der Waals surface area contributed by atoms with Gasteiger partial charge in [0.1, 0.15) is 5.75 Å². The maximum Gasteiger partial charge on any atom is 0.219 e. The molecule has 0 spiro atoms. The minimum Gasteiger partial charge on any atom is -0.507 e. The molecule has 1 aromatic heterocycles. The summed E-state index contributed by atoms with van der Waals surface area (Å²) in [4.78, 5) is 2.56. The molecule has 0 aliphatic heterocycles. The maximum absolute atomic E-state index is 11.2. The zero-order valence-corrected chi connectivity index (χ0v) is 23.7. The number of benzene rings is 3. The first kappa shape index (κ1) is 27.6. The summed E-state index contributed by atoms with van der Waals surface area (Å²) in [7, 11) is 0. The standard InChI is InChI=1S/C29H34N4OS3/c1-2-3-4-5-6-7-8-15-20-36-25-21-24(34)28(26(27(25)35)22-16-11-9-12-17-22)37-29-30-31-32-33(29)23-18-13-10-14-19-23/h9-14,16-19,21,34-35H,2-8,15,20H2,1H3. The minimum absolute atomic E-state index is 0.211. The number of tetrazole rings is 1. The Morgan fingerprint density at radius 1 is 0.865 bits per heavy atom. The van der Waals surface area contributed by atoms with Crippen LogP contribution in [0, 0.1) is 0 Å². The van der Waals surface area contributed by atoms with Gasteiger partial charge >= 0.3 is 0 Å². The van der Waals surface area contributed by atoms with E-state index in [0.29, 0.717) is 10.1 Å². The highest BCUT2D eigenvalue weighted by molar-refractivity contribution is 8.00. The van der Waals surface area contributed by atoms with Gasteiger partial charge in [-0.1, -0.05) is 100 Å². The second-order valence-corrected chi connectivity index (χ2v) is 11.5. The van der Waals surface area contributed by atoms with Crippen LogP contribution in [0.2, 0.25) is 0 Å². The molecule has 0 aliphatic carbocycles. The molecule has 0 fully saturated rings. The van der Waals surface area contributed by atoms with Crippen molar-refractivity contribution >= 4 is 36.2 Å². The van der Waals surface area contributed by atoms with E-state index < -0.39 is 0 Å². The van der Waals surface area contributed by atoms with Crippen LogP contribution in [0.3, 0.4) is 0 Å². The Labute approximate surface area is 233 Å². The summed E-state index contributed by atoms with van der Waals surface area (Å²) in [5.41, 5.74) is 2.76. The predicted molar refractivity (Wildman–Crippen MR) is 157 cm³/mol. The van der Waals surface area contributed by atoms with Crippen molar-refractivity contribution in [3.05, 3.63) is 66.7 Å². The lowest BCUT2D eigenvalue weighted by Crippen LogP contribution is -1.99. The average Bonchev–Trinajstić information content (AvgIpc) is 3.39. The van der Waals surface area contributed by atoms with Gasteiger partial charge in [-0.3, -0.25) is 0 Å². The van der Waals surface area contributed by atoms with Gasteiger partial charge in [-0.05, 0) is 58.1 Å². The molecule has 3 aromatic carbocycles. The average molecular weight is 551 g/mol. The number of phenolic OH excluding ortho intramolecular Hbond substituents is 1. The Bertz CT molecular complexity index is 1250. The molecule has 1 heterocycles. The van der Waals surface area contributed by atoms with Crippen LogP contribution in [0.5, 0.6) is 5.75 Å². The molecule has 4 rings (SSSR count). The third-order valence-corrected chi connectivity index (χ3v) is 8.95. The number of hydrogen-bond donors (Lipinski definition) is 2. The second kappa shape index (κ2) is 14.5. The zero-order valence-electron chi connectivity index (χ0n) is 21.2. The summed E-state index contributed by atoms with van der Waals surface area (Å²) in [6.45, 7) is 2.26. The lowest BCUT2D eigenvalue weighted by atomic mass is 10.1. The van der Waals surface area contributed by atoms with Crippen molar-refractivity contribution in [3.63, 3.8) is 0 Å². The molecule has 1 N–H and O–H groups in total. The highest BCUT2D eigenvalue weighted by Crippen LogP contribution is 2.48. The molecule has 0 atom stereocenters. The van der Waals surface area contributed by atoms with Crippen LogP contribution in [0.15, 0.2) is 86.6 Å². The van der Waals surface area contributed by atoms with Gasteiger partial charge < -0.3 is 5.11 Å². The Hall–Kier alpha value is -2.42. The van der Waals surface area contributed by atoms with Crippen LogP contribution in [0.1, 0.15) is 58.3 Å². The highest BCUT2D eigenvalue weighted by atomic mass is 32.2. The topological polar surface area (TPSA) is 63.8 Å². The minimum atomic E-state index is 0.211. The third kappa shape index (κ3) is 7.55. The van der Waals surface area contributed by atoms with E-state index in [1.165, 1.54) is 56.7 Å². The van der Waals surface area contributed by atoms with Crippen LogP contribution in [-0.4, -0.2) is 31.1 Å². The zero-order chi connectivity index (χ0) is 25.9. The smallest absolute Gasteiger partial charge is 0.219 e. The van der Waals surface area contributed by atoms with Gasteiger partial charge in [0.2, 0.25) is 5.16 Å². The number of hydrogen-bond acceptors (Lipinski definition) is 7. The van der Waals surface area contributed by atoms with E-state index in [1.54, 1.807) is 16.4 Å². The van der Waals surface area contributed by atoms with Crippen LogP contribution < -0.4 is 0 Å². The first-order valence-electron chi connectivity index (χ1n) is 13.0. The molecule has 4 aromatic rings. The quantitative estimate of drug-likeness (QED) is 0.0930. The molecule has 5 nitrogen and oxygen atoms in total. The van der Waals surface area contributed by atoms with Gasteiger partial charge in [0.25, 0.3) is 0 Å². The fraction of sp³-hybridized carbons (Fsp3) is 0.345. The van der Waals surface area contributed by atoms with Crippen molar-refractivity contribution in [2.24, 2.45) is 0 Å². The lowest BCUT2D eigenvalue weighted by Gasteiger charge is -2.17. The summed E-state index contributed by atoms with van der Waals surface area (Å²) in [6, 6.07) is 21.7. The summed E-state index contributed by atoms with van der Waals surface area (Å²) in [5, 5.41) is 24.1. The lowest BCUT2D eigenvalue weighted by molar-refractivity contribution is 0.460. The molecule has 194 valence electrons. The number of nitrogens with zero attached hydrogens (tertiary/aromatic N) is 4. The summed E-state index contributed by atoms with van der Waals surface area (Å²) in [5.74, 6) is 1.22. The largest absolute Gasteiger partial charge is 0.507 e. The SMILES string of the molecule is CCCCCCCCCCSc1cc(O)c(Sc2nnnn2-c2ccccc2)c(-c2ccccc2)c1S. The normalized spacial score (nSPS) is 11.2. The van der Waals surface area contributed by atoms with E-state index in [9.17, 15) is 5.11 Å². The van der Waals surface area contributed by atoms with E-state index >= 15 is 0 Å². The molecule has 0 saturated heterocycles. The van der Waals surface area contributed by atoms with E-state index in [2.05, 4.69) is 22.4 Å². The number of thiol groups is 1. The van der Waals surface area contributed by atoms with Crippen molar-refractivity contribution in [1.29, 1.82) is 0 Å².